The summed E-state index contributed by atoms with van der Waals surface area (Å²) in [7, 11) is 0. The molecule has 2 fully saturated rings. The van der Waals surface area contributed by atoms with Crippen molar-refractivity contribution in [2.45, 2.75) is 56.8 Å². The van der Waals surface area contributed by atoms with Crippen LogP contribution in [0.3, 0.4) is 0 Å². The van der Waals surface area contributed by atoms with Crippen LogP contribution < -0.4 is 0 Å². The summed E-state index contributed by atoms with van der Waals surface area (Å²) in [5, 5.41) is 8.88. The fourth-order valence-electron chi connectivity index (χ4n) is 2.76. The molecule has 1 saturated heterocycles. The highest BCUT2D eigenvalue weighted by Gasteiger charge is 2.43. The van der Waals surface area contributed by atoms with Gasteiger partial charge in [0.05, 0.1) is 6.42 Å². The Morgan fingerprint density at radius 2 is 1.86 bits per heavy atom. The Morgan fingerprint density at radius 1 is 1.19 bits per heavy atom. The normalized spacial score (nSPS) is 23.0. The fraction of sp³-hybridized carbons (Fsp3) is 0.846. The molecule has 1 heterocycles. The molecule has 1 aliphatic heterocycles. The average molecular weight is 308 g/mol. The topological polar surface area (TPSA) is 60.9 Å². The molecule has 0 aromatic heterocycles. The van der Waals surface area contributed by atoms with Crippen LogP contribution in [0.4, 0.5) is 18.0 Å². The first-order chi connectivity index (χ1) is 9.78. The van der Waals surface area contributed by atoms with E-state index in [2.05, 4.69) is 0 Å². The van der Waals surface area contributed by atoms with Gasteiger partial charge in [0.1, 0.15) is 6.54 Å². The number of carbonyl (C=O) groups is 2. The van der Waals surface area contributed by atoms with Crippen molar-refractivity contribution in [1.82, 2.24) is 9.80 Å². The van der Waals surface area contributed by atoms with E-state index in [0.717, 1.165) is 11.3 Å². The molecule has 0 aromatic rings. The van der Waals surface area contributed by atoms with Gasteiger partial charge in [0.15, 0.2) is 0 Å². The molecule has 1 N–H and O–H groups in total. The Morgan fingerprint density at radius 3 is 2.38 bits per heavy atom. The molecule has 5 nitrogen and oxygen atoms in total. The molecule has 2 rings (SSSR count). The van der Waals surface area contributed by atoms with Crippen LogP contribution in [0.15, 0.2) is 0 Å². The van der Waals surface area contributed by atoms with Crippen molar-refractivity contribution < 1.29 is 27.9 Å². The number of hydrogen-bond donors (Lipinski definition) is 1. The lowest BCUT2D eigenvalue weighted by atomic mass is 10.00. The number of hydrogen-bond acceptors (Lipinski definition) is 2. The van der Waals surface area contributed by atoms with Crippen molar-refractivity contribution in [3.05, 3.63) is 0 Å². The van der Waals surface area contributed by atoms with Gasteiger partial charge in [0.2, 0.25) is 0 Å². The number of carboxylic acid groups (broad SMARTS) is 1. The number of likely N-dealkylation sites (tertiary alicyclic amines) is 1. The maximum atomic E-state index is 12.6. The van der Waals surface area contributed by atoms with E-state index < -0.39 is 30.8 Å². The van der Waals surface area contributed by atoms with E-state index in [-0.39, 0.29) is 12.5 Å². The summed E-state index contributed by atoms with van der Waals surface area (Å²) in [5.41, 5.74) is 0. The lowest BCUT2D eigenvalue weighted by Crippen LogP contribution is -2.53. The van der Waals surface area contributed by atoms with Gasteiger partial charge < -0.3 is 14.9 Å². The molecule has 1 saturated carbocycles. The Hall–Kier alpha value is -1.47. The van der Waals surface area contributed by atoms with Crippen LogP contribution in [0.2, 0.25) is 0 Å². The number of urea groups is 1. The number of carbonyl (C=O) groups excluding carboxylic acids is 1. The molecule has 8 heteroatoms. The van der Waals surface area contributed by atoms with Crippen LogP contribution in [0, 0.1) is 0 Å². The maximum Gasteiger partial charge on any atom is 0.406 e. The van der Waals surface area contributed by atoms with E-state index in [9.17, 15) is 22.8 Å². The number of halogens is 3. The van der Waals surface area contributed by atoms with E-state index in [1.807, 2.05) is 0 Å². The number of carboxylic acids is 1. The molecule has 0 spiro atoms. The average Bonchev–Trinajstić information content (AvgIpc) is 3.18. The van der Waals surface area contributed by atoms with E-state index in [0.29, 0.717) is 32.2 Å². The molecular weight excluding hydrogens is 289 g/mol. The van der Waals surface area contributed by atoms with Gasteiger partial charge in [-0.2, -0.15) is 13.2 Å². The minimum atomic E-state index is -4.43. The second kappa shape index (κ2) is 6.11. The summed E-state index contributed by atoms with van der Waals surface area (Å²) in [6, 6.07) is -1.52. The largest absolute Gasteiger partial charge is 0.481 e. The smallest absolute Gasteiger partial charge is 0.406 e. The van der Waals surface area contributed by atoms with Gasteiger partial charge in [-0.25, -0.2) is 4.79 Å². The van der Waals surface area contributed by atoms with Crippen molar-refractivity contribution >= 4 is 12.0 Å². The fourth-order valence-corrected chi connectivity index (χ4v) is 2.76. The van der Waals surface area contributed by atoms with Crippen LogP contribution in [-0.2, 0) is 4.79 Å². The Labute approximate surface area is 120 Å². The highest BCUT2D eigenvalue weighted by molar-refractivity contribution is 5.77. The number of alkyl halides is 3. The van der Waals surface area contributed by atoms with E-state index in [1.54, 1.807) is 0 Å². The quantitative estimate of drug-likeness (QED) is 0.868. The standard InChI is InChI=1S/C13H19F3N2O3/c14-13(15,16)8-18(9-4-5-9)12(21)17-6-2-1-3-10(17)7-11(19)20/h9-10H,1-8H2,(H,19,20). The Bertz CT molecular complexity index is 410. The van der Waals surface area contributed by atoms with Crippen LogP contribution in [0.25, 0.3) is 0 Å². The summed E-state index contributed by atoms with van der Waals surface area (Å²) < 4.78 is 37.9. The summed E-state index contributed by atoms with van der Waals surface area (Å²) in [6.45, 7) is -0.926. The van der Waals surface area contributed by atoms with Gasteiger partial charge in [0.25, 0.3) is 0 Å². The third-order valence-corrected chi connectivity index (χ3v) is 3.87. The van der Waals surface area contributed by atoms with Crippen LogP contribution >= 0.6 is 0 Å². The van der Waals surface area contributed by atoms with E-state index >= 15 is 0 Å². The zero-order valence-corrected chi connectivity index (χ0v) is 11.6. The third-order valence-electron chi connectivity index (χ3n) is 3.87. The second-order valence-corrected chi connectivity index (χ2v) is 5.70. The molecule has 2 aliphatic rings. The van der Waals surface area contributed by atoms with Gasteiger partial charge in [-0.15, -0.1) is 0 Å². The molecule has 1 atom stereocenters. The molecule has 0 radical (unpaired) electrons. The van der Waals surface area contributed by atoms with E-state index in [4.69, 9.17) is 5.11 Å². The SMILES string of the molecule is O=C(O)CC1CCCCN1C(=O)N(CC(F)(F)F)C1CC1. The first kappa shape index (κ1) is 15.9. The number of amides is 2. The highest BCUT2D eigenvalue weighted by Crippen LogP contribution is 2.32. The monoisotopic (exact) mass is 308 g/mol. The maximum absolute atomic E-state index is 12.6. The van der Waals surface area contributed by atoms with Gasteiger partial charge in [-0.05, 0) is 32.1 Å². The van der Waals surface area contributed by atoms with Crippen molar-refractivity contribution in [2.75, 3.05) is 13.1 Å². The summed E-state index contributed by atoms with van der Waals surface area (Å²) in [4.78, 5) is 25.4. The summed E-state index contributed by atoms with van der Waals surface area (Å²) in [5.74, 6) is -1.03. The first-order valence-corrected chi connectivity index (χ1v) is 7.13. The highest BCUT2D eigenvalue weighted by atomic mass is 19.4. The van der Waals surface area contributed by atoms with Gasteiger partial charge in [-0.1, -0.05) is 0 Å². The second-order valence-electron chi connectivity index (χ2n) is 5.70. The number of nitrogens with zero attached hydrogens (tertiary/aromatic N) is 2. The molecule has 1 aliphatic carbocycles. The van der Waals surface area contributed by atoms with Gasteiger partial charge >= 0.3 is 18.2 Å². The van der Waals surface area contributed by atoms with Crippen LogP contribution in [0.1, 0.15) is 38.5 Å². The number of piperidine rings is 1. The minimum Gasteiger partial charge on any atom is -0.481 e. The predicted octanol–water partition coefficient (Wildman–Crippen LogP) is 2.46. The Balaban J connectivity index is 2.08. The molecule has 0 bridgehead atoms. The first-order valence-electron chi connectivity index (χ1n) is 7.13. The lowest BCUT2D eigenvalue weighted by Gasteiger charge is -2.38. The lowest BCUT2D eigenvalue weighted by molar-refractivity contribution is -0.144. The zero-order valence-electron chi connectivity index (χ0n) is 11.6. The third kappa shape index (κ3) is 4.50. The van der Waals surface area contributed by atoms with E-state index in [1.165, 1.54) is 4.90 Å². The minimum absolute atomic E-state index is 0.212. The Kier molecular flexibility index (Phi) is 4.63. The molecule has 2 amide bonds. The van der Waals surface area contributed by atoms with Crippen molar-refractivity contribution in [3.8, 4) is 0 Å². The molecule has 120 valence electrons. The van der Waals surface area contributed by atoms with Gasteiger partial charge in [-0.3, -0.25) is 4.79 Å². The predicted molar refractivity (Wildman–Crippen MR) is 67.8 cm³/mol. The number of rotatable bonds is 4. The van der Waals surface area contributed by atoms with Crippen LogP contribution in [-0.4, -0.2) is 58.3 Å². The van der Waals surface area contributed by atoms with Gasteiger partial charge in [0, 0.05) is 18.6 Å². The number of aliphatic carboxylic acids is 1. The molecule has 1 unspecified atom stereocenters. The molecular formula is C13H19F3N2O3. The van der Waals surface area contributed by atoms with Crippen LogP contribution in [0.5, 0.6) is 0 Å². The molecule has 21 heavy (non-hydrogen) atoms. The van der Waals surface area contributed by atoms with Crippen molar-refractivity contribution in [2.24, 2.45) is 0 Å². The zero-order chi connectivity index (χ0) is 15.6. The van der Waals surface area contributed by atoms with Crippen molar-refractivity contribution in [1.29, 1.82) is 0 Å². The molecule has 0 aromatic carbocycles. The summed E-state index contributed by atoms with van der Waals surface area (Å²) in [6.07, 6.45) is -1.45. The van der Waals surface area contributed by atoms with Crippen molar-refractivity contribution in [3.63, 3.8) is 0 Å². The summed E-state index contributed by atoms with van der Waals surface area (Å²) >= 11 is 0.